The molecule has 0 saturated heterocycles. The molecule has 182 valence electrons. The Bertz CT molecular complexity index is 1350. The first-order valence-corrected chi connectivity index (χ1v) is 12.7. The number of rotatable bonds is 7. The summed E-state index contributed by atoms with van der Waals surface area (Å²) in [5.74, 6) is 0. The molecule has 1 N–H and O–H groups in total. The van der Waals surface area contributed by atoms with Gasteiger partial charge in [0.1, 0.15) is 0 Å². The number of aryl methyl sites for hydroxylation is 1. The van der Waals surface area contributed by atoms with Crippen molar-refractivity contribution in [1.29, 1.82) is 5.26 Å². The van der Waals surface area contributed by atoms with Crippen LogP contribution < -0.4 is 5.32 Å². The minimum Gasteiger partial charge on any atom is -0.326 e. The number of nitriles is 1. The van der Waals surface area contributed by atoms with Crippen LogP contribution in [0.2, 0.25) is 0 Å². The molecule has 0 fully saturated rings. The second-order valence-electron chi connectivity index (χ2n) is 9.75. The predicted octanol–water partition coefficient (Wildman–Crippen LogP) is 5.56. The van der Waals surface area contributed by atoms with Gasteiger partial charge in [-0.15, -0.1) is 0 Å². The van der Waals surface area contributed by atoms with Crippen LogP contribution in [0.5, 0.6) is 0 Å². The van der Waals surface area contributed by atoms with Gasteiger partial charge in [-0.25, -0.2) is 4.98 Å². The molecule has 36 heavy (non-hydrogen) atoms. The molecule has 1 aliphatic heterocycles. The lowest BCUT2D eigenvalue weighted by Crippen LogP contribution is -2.34. The summed E-state index contributed by atoms with van der Waals surface area (Å²) in [5.41, 5.74) is 8.58. The zero-order valence-corrected chi connectivity index (χ0v) is 21.1. The Hall–Kier alpha value is -3.72. The van der Waals surface area contributed by atoms with Gasteiger partial charge in [0, 0.05) is 38.4 Å². The summed E-state index contributed by atoms with van der Waals surface area (Å²) in [4.78, 5) is 7.05. The molecule has 3 aromatic carbocycles. The first-order chi connectivity index (χ1) is 17.6. The SMILES string of the molecule is Cc1ccccc1CN1CCc2ccccc2C(NCc2cncn2C(C)c2ccc(C#N)cc2)C1. The summed E-state index contributed by atoms with van der Waals surface area (Å²) in [6, 6.07) is 28.0. The predicted molar refractivity (Wildman–Crippen MR) is 143 cm³/mol. The van der Waals surface area contributed by atoms with Gasteiger partial charge in [-0.1, -0.05) is 60.7 Å². The summed E-state index contributed by atoms with van der Waals surface area (Å²) in [6.07, 6.45) is 4.93. The van der Waals surface area contributed by atoms with E-state index >= 15 is 0 Å². The fourth-order valence-electron chi connectivity index (χ4n) is 5.22. The number of fused-ring (bicyclic) bond motifs is 1. The van der Waals surface area contributed by atoms with E-state index in [1.165, 1.54) is 22.3 Å². The maximum Gasteiger partial charge on any atom is 0.0991 e. The average molecular weight is 476 g/mol. The molecule has 2 unspecified atom stereocenters. The minimum atomic E-state index is 0.135. The highest BCUT2D eigenvalue weighted by atomic mass is 15.2. The van der Waals surface area contributed by atoms with Crippen LogP contribution in [0.25, 0.3) is 0 Å². The Morgan fingerprint density at radius 1 is 1.06 bits per heavy atom. The van der Waals surface area contributed by atoms with Crippen molar-refractivity contribution in [2.24, 2.45) is 0 Å². The molecule has 5 nitrogen and oxygen atoms in total. The number of aromatic nitrogens is 2. The van der Waals surface area contributed by atoms with Crippen LogP contribution in [0.4, 0.5) is 0 Å². The number of nitrogens with one attached hydrogen (secondary N) is 1. The highest BCUT2D eigenvalue weighted by Gasteiger charge is 2.23. The maximum atomic E-state index is 9.12. The second-order valence-corrected chi connectivity index (χ2v) is 9.75. The molecule has 1 aliphatic rings. The molecule has 0 radical (unpaired) electrons. The van der Waals surface area contributed by atoms with Crippen molar-refractivity contribution in [3.8, 4) is 6.07 Å². The van der Waals surface area contributed by atoms with E-state index < -0.39 is 0 Å². The molecule has 0 saturated carbocycles. The van der Waals surface area contributed by atoms with Gasteiger partial charge >= 0.3 is 0 Å². The molecule has 2 heterocycles. The van der Waals surface area contributed by atoms with Gasteiger partial charge in [0.05, 0.1) is 29.7 Å². The van der Waals surface area contributed by atoms with E-state index in [0.717, 1.165) is 43.9 Å². The highest BCUT2D eigenvalue weighted by Crippen LogP contribution is 2.26. The third kappa shape index (κ3) is 5.26. The van der Waals surface area contributed by atoms with Crippen LogP contribution in [0.15, 0.2) is 85.3 Å². The van der Waals surface area contributed by atoms with Crippen LogP contribution in [0.3, 0.4) is 0 Å². The van der Waals surface area contributed by atoms with E-state index in [4.69, 9.17) is 5.26 Å². The fourth-order valence-corrected chi connectivity index (χ4v) is 5.22. The average Bonchev–Trinajstić information content (AvgIpc) is 3.32. The van der Waals surface area contributed by atoms with Crippen molar-refractivity contribution >= 4 is 0 Å². The van der Waals surface area contributed by atoms with Crippen molar-refractivity contribution in [3.63, 3.8) is 0 Å². The van der Waals surface area contributed by atoms with Gasteiger partial charge in [-0.3, -0.25) is 4.90 Å². The van der Waals surface area contributed by atoms with E-state index in [2.05, 4.69) is 88.2 Å². The van der Waals surface area contributed by atoms with Crippen molar-refractivity contribution in [2.45, 2.75) is 45.4 Å². The number of hydrogen-bond donors (Lipinski definition) is 1. The van der Waals surface area contributed by atoms with Crippen LogP contribution in [0, 0.1) is 18.3 Å². The molecule has 0 aliphatic carbocycles. The van der Waals surface area contributed by atoms with Crippen molar-refractivity contribution in [3.05, 3.63) is 124 Å². The largest absolute Gasteiger partial charge is 0.326 e. The molecular weight excluding hydrogens is 442 g/mol. The fraction of sp³-hybridized carbons (Fsp3) is 0.290. The summed E-state index contributed by atoms with van der Waals surface area (Å²) < 4.78 is 2.22. The van der Waals surface area contributed by atoms with E-state index in [9.17, 15) is 0 Å². The van der Waals surface area contributed by atoms with Gasteiger partial charge in [0.2, 0.25) is 0 Å². The standard InChI is InChI=1S/C31H33N5/c1-23-7-3-4-9-28(23)20-35-16-15-27-8-5-6-10-30(27)31(21-35)34-19-29-18-33-22-36(29)24(2)26-13-11-25(17-32)12-14-26/h3-14,18,22,24,31,34H,15-16,19-21H2,1-2H3. The monoisotopic (exact) mass is 475 g/mol. The summed E-state index contributed by atoms with van der Waals surface area (Å²) in [6.45, 7) is 8.09. The topological polar surface area (TPSA) is 56.9 Å². The van der Waals surface area contributed by atoms with E-state index in [0.29, 0.717) is 5.56 Å². The molecule has 2 atom stereocenters. The summed E-state index contributed by atoms with van der Waals surface area (Å²) >= 11 is 0. The minimum absolute atomic E-state index is 0.135. The number of nitrogens with zero attached hydrogens (tertiary/aromatic N) is 4. The lowest BCUT2D eigenvalue weighted by atomic mass is 9.99. The molecule has 0 amide bonds. The van der Waals surface area contributed by atoms with Gasteiger partial charge in [-0.2, -0.15) is 5.26 Å². The zero-order valence-electron chi connectivity index (χ0n) is 21.1. The zero-order chi connectivity index (χ0) is 24.9. The van der Waals surface area contributed by atoms with E-state index in [1.807, 2.05) is 36.8 Å². The van der Waals surface area contributed by atoms with Gasteiger partial charge < -0.3 is 9.88 Å². The number of hydrogen-bond acceptors (Lipinski definition) is 4. The third-order valence-electron chi connectivity index (χ3n) is 7.44. The van der Waals surface area contributed by atoms with Gasteiger partial charge in [0.25, 0.3) is 0 Å². The lowest BCUT2D eigenvalue weighted by molar-refractivity contribution is 0.244. The summed E-state index contributed by atoms with van der Waals surface area (Å²) in [5, 5.41) is 13.0. The Morgan fingerprint density at radius 2 is 1.83 bits per heavy atom. The Morgan fingerprint density at radius 3 is 2.64 bits per heavy atom. The molecule has 0 spiro atoms. The van der Waals surface area contributed by atoms with Gasteiger partial charge in [0.15, 0.2) is 0 Å². The van der Waals surface area contributed by atoms with Crippen molar-refractivity contribution in [2.75, 3.05) is 13.1 Å². The lowest BCUT2D eigenvalue weighted by Gasteiger charge is -2.27. The van der Waals surface area contributed by atoms with Crippen LogP contribution >= 0.6 is 0 Å². The number of benzene rings is 3. The van der Waals surface area contributed by atoms with Crippen LogP contribution in [-0.4, -0.2) is 27.5 Å². The first kappa shape index (κ1) is 24.0. The molecule has 5 heteroatoms. The van der Waals surface area contributed by atoms with Gasteiger partial charge in [-0.05, 0) is 60.2 Å². The van der Waals surface area contributed by atoms with E-state index in [1.54, 1.807) is 0 Å². The highest BCUT2D eigenvalue weighted by molar-refractivity contribution is 5.34. The van der Waals surface area contributed by atoms with Crippen LogP contribution in [-0.2, 0) is 19.5 Å². The first-order valence-electron chi connectivity index (χ1n) is 12.7. The normalized spacial score (nSPS) is 16.6. The Kier molecular flexibility index (Phi) is 7.27. The molecular formula is C31H33N5. The Balaban J connectivity index is 1.34. The second kappa shape index (κ2) is 10.9. The summed E-state index contributed by atoms with van der Waals surface area (Å²) in [7, 11) is 0. The molecule has 4 aromatic rings. The van der Waals surface area contributed by atoms with Crippen LogP contribution in [0.1, 0.15) is 58.1 Å². The van der Waals surface area contributed by atoms with E-state index in [-0.39, 0.29) is 12.1 Å². The quantitative estimate of drug-likeness (QED) is 0.380. The molecule has 5 rings (SSSR count). The molecule has 1 aromatic heterocycles. The number of imidazole rings is 1. The Labute approximate surface area is 214 Å². The smallest absolute Gasteiger partial charge is 0.0991 e. The molecule has 0 bridgehead atoms. The van der Waals surface area contributed by atoms with Crippen molar-refractivity contribution < 1.29 is 0 Å². The maximum absolute atomic E-state index is 9.12. The third-order valence-corrected chi connectivity index (χ3v) is 7.44. The van der Waals surface area contributed by atoms with Crippen molar-refractivity contribution in [1.82, 2.24) is 19.8 Å².